The van der Waals surface area contributed by atoms with Crippen molar-refractivity contribution < 1.29 is 27.5 Å². The van der Waals surface area contributed by atoms with Gasteiger partial charge in [0, 0.05) is 42.7 Å². The molecule has 36 heavy (non-hydrogen) atoms. The second-order valence-corrected chi connectivity index (χ2v) is 11.0. The van der Waals surface area contributed by atoms with Crippen molar-refractivity contribution in [1.82, 2.24) is 14.1 Å². The lowest BCUT2D eigenvalue weighted by Crippen LogP contribution is -2.61. The molecule has 0 bridgehead atoms. The first kappa shape index (κ1) is 25.8. The van der Waals surface area contributed by atoms with Crippen LogP contribution in [0, 0.1) is 0 Å². The monoisotopic (exact) mass is 533 g/mol. The van der Waals surface area contributed by atoms with Crippen LogP contribution in [0.2, 0.25) is 5.02 Å². The average Bonchev–Trinajstić information content (AvgIpc) is 2.86. The first-order chi connectivity index (χ1) is 17.1. The lowest BCUT2D eigenvalue weighted by atomic mass is 10.00. The maximum absolute atomic E-state index is 14.0. The van der Waals surface area contributed by atoms with E-state index in [1.54, 1.807) is 30.3 Å². The Labute approximate surface area is 215 Å². The summed E-state index contributed by atoms with van der Waals surface area (Å²) >= 11 is 6.01. The molecule has 0 radical (unpaired) electrons. The largest absolute Gasteiger partial charge is 0.497 e. The molecule has 9 nitrogen and oxygen atoms in total. The van der Waals surface area contributed by atoms with E-state index in [0.717, 1.165) is 5.56 Å². The fraction of sp³-hybridized carbons (Fsp3) is 0.360. The van der Waals surface area contributed by atoms with Crippen LogP contribution in [0.4, 0.5) is 0 Å². The number of carbonyl (C=O) groups is 2. The molecule has 2 aliphatic rings. The molecule has 1 fully saturated rings. The normalized spacial score (nSPS) is 18.3. The zero-order valence-electron chi connectivity index (χ0n) is 20.5. The van der Waals surface area contributed by atoms with Crippen molar-refractivity contribution in [3.8, 4) is 11.5 Å². The number of hydrogen-bond donors (Lipinski definition) is 0. The third-order valence-corrected chi connectivity index (χ3v) is 8.32. The average molecular weight is 534 g/mol. The number of nitrogens with zero attached hydrogens (tertiary/aromatic N) is 3. The number of fused-ring (bicyclic) bond motifs is 1. The number of ether oxygens (including phenoxy) is 2. The molecule has 1 unspecified atom stereocenters. The van der Waals surface area contributed by atoms with E-state index in [9.17, 15) is 18.0 Å². The number of hydrogen-bond acceptors (Lipinski definition) is 6. The van der Waals surface area contributed by atoms with E-state index < -0.39 is 16.1 Å². The number of benzene rings is 2. The van der Waals surface area contributed by atoms with Crippen molar-refractivity contribution in [3.63, 3.8) is 0 Å². The Kier molecular flexibility index (Phi) is 7.19. The molecule has 2 aromatic rings. The van der Waals surface area contributed by atoms with Gasteiger partial charge < -0.3 is 14.4 Å². The highest BCUT2D eigenvalue weighted by molar-refractivity contribution is 7.89. The van der Waals surface area contributed by atoms with Crippen molar-refractivity contribution in [1.29, 1.82) is 0 Å². The number of sulfonamides is 1. The number of carbonyl (C=O) groups excluding carboxylic acids is 2. The van der Waals surface area contributed by atoms with Crippen molar-refractivity contribution in [2.45, 2.75) is 43.7 Å². The molecule has 1 saturated heterocycles. The second-order valence-electron chi connectivity index (χ2n) is 8.78. The first-order valence-corrected chi connectivity index (χ1v) is 13.3. The third-order valence-electron chi connectivity index (χ3n) is 6.24. The molecule has 11 heteroatoms. The summed E-state index contributed by atoms with van der Waals surface area (Å²) in [6.07, 6.45) is 1.58. The van der Waals surface area contributed by atoms with E-state index in [1.165, 1.54) is 46.7 Å². The summed E-state index contributed by atoms with van der Waals surface area (Å²) in [7, 11) is -1.36. The molecule has 2 aromatic carbocycles. The predicted octanol–water partition coefficient (Wildman–Crippen LogP) is 3.24. The fourth-order valence-corrected chi connectivity index (χ4v) is 6.13. The summed E-state index contributed by atoms with van der Waals surface area (Å²) in [5, 5.41) is 0.552. The van der Waals surface area contributed by atoms with Crippen LogP contribution >= 0.6 is 11.6 Å². The molecule has 2 heterocycles. The number of halogens is 1. The van der Waals surface area contributed by atoms with Gasteiger partial charge in [-0.15, -0.1) is 0 Å². The topological polar surface area (TPSA) is 96.5 Å². The molecule has 0 saturated carbocycles. The molecule has 0 N–H and O–H groups in total. The quantitative estimate of drug-likeness (QED) is 0.542. The van der Waals surface area contributed by atoms with Gasteiger partial charge in [0.25, 0.3) is 10.0 Å². The van der Waals surface area contributed by atoms with Crippen LogP contribution < -0.4 is 9.47 Å². The zero-order valence-corrected chi connectivity index (χ0v) is 22.0. The van der Waals surface area contributed by atoms with Crippen LogP contribution in [0.25, 0.3) is 0 Å². The van der Waals surface area contributed by atoms with Crippen molar-refractivity contribution in [2.75, 3.05) is 20.8 Å². The lowest BCUT2D eigenvalue weighted by Gasteiger charge is -2.47. The number of amides is 2. The molecule has 0 aliphatic carbocycles. The second kappa shape index (κ2) is 10.0. The lowest BCUT2D eigenvalue weighted by molar-refractivity contribution is -0.148. The highest BCUT2D eigenvalue weighted by Gasteiger charge is 2.47. The Hall–Kier alpha value is -3.24. The minimum atomic E-state index is -4.19. The van der Waals surface area contributed by atoms with Gasteiger partial charge in [0.2, 0.25) is 11.8 Å². The van der Waals surface area contributed by atoms with Gasteiger partial charge >= 0.3 is 0 Å². The van der Waals surface area contributed by atoms with Crippen LogP contribution in [-0.2, 0) is 26.0 Å². The van der Waals surface area contributed by atoms with Crippen LogP contribution in [0.15, 0.2) is 59.4 Å². The van der Waals surface area contributed by atoms with Gasteiger partial charge in [-0.25, -0.2) is 12.7 Å². The van der Waals surface area contributed by atoms with Gasteiger partial charge in [-0.1, -0.05) is 23.7 Å². The summed E-state index contributed by atoms with van der Waals surface area (Å²) in [5.41, 5.74) is 0.796. The van der Waals surface area contributed by atoms with Crippen molar-refractivity contribution in [3.05, 3.63) is 65.1 Å². The number of rotatable bonds is 7. The summed E-state index contributed by atoms with van der Waals surface area (Å²) in [4.78, 5) is 29.4. The Morgan fingerprint density at radius 3 is 2.36 bits per heavy atom. The van der Waals surface area contributed by atoms with Crippen LogP contribution in [0.5, 0.6) is 11.5 Å². The molecule has 4 rings (SSSR count). The Bertz CT molecular complexity index is 1310. The van der Waals surface area contributed by atoms with Crippen LogP contribution in [-0.4, -0.2) is 67.2 Å². The zero-order chi connectivity index (χ0) is 26.2. The Morgan fingerprint density at radius 2 is 1.75 bits per heavy atom. The molecule has 0 aromatic heterocycles. The van der Waals surface area contributed by atoms with Gasteiger partial charge in [-0.2, -0.15) is 0 Å². The molecular weight excluding hydrogens is 506 g/mol. The highest BCUT2D eigenvalue weighted by atomic mass is 35.5. The van der Waals surface area contributed by atoms with Crippen LogP contribution in [0.1, 0.15) is 25.8 Å². The van der Waals surface area contributed by atoms with Gasteiger partial charge in [0.15, 0.2) is 0 Å². The van der Waals surface area contributed by atoms with E-state index in [1.807, 2.05) is 13.8 Å². The maximum Gasteiger partial charge on any atom is 0.269 e. The molecular formula is C25H28ClN3O6S. The van der Waals surface area contributed by atoms with Crippen LogP contribution in [0.3, 0.4) is 0 Å². The minimum Gasteiger partial charge on any atom is -0.497 e. The first-order valence-electron chi connectivity index (χ1n) is 11.4. The smallest absolute Gasteiger partial charge is 0.269 e. The predicted molar refractivity (Wildman–Crippen MR) is 134 cm³/mol. The molecule has 0 spiro atoms. The molecule has 2 aliphatic heterocycles. The summed E-state index contributed by atoms with van der Waals surface area (Å²) in [6, 6.07) is 10.3. The third kappa shape index (κ3) is 4.62. The fourth-order valence-electron chi connectivity index (χ4n) is 4.38. The van der Waals surface area contributed by atoms with Gasteiger partial charge in [0.05, 0.1) is 14.2 Å². The van der Waals surface area contributed by atoms with E-state index in [4.69, 9.17) is 21.1 Å². The van der Waals surface area contributed by atoms with Crippen molar-refractivity contribution >= 4 is 33.4 Å². The summed E-state index contributed by atoms with van der Waals surface area (Å²) in [6.45, 7) is 3.59. The van der Waals surface area contributed by atoms with E-state index in [2.05, 4.69) is 0 Å². The van der Waals surface area contributed by atoms with E-state index in [-0.39, 0.29) is 53.7 Å². The van der Waals surface area contributed by atoms with Gasteiger partial charge in [-0.05, 0) is 43.7 Å². The molecule has 2 amide bonds. The standard InChI is InChI=1S/C25H28ClN3O6S/c1-16(2)27-15-23-28(36(32,33)22-14-19(34-3)9-10-21(22)35-4)12-11-24(30)29(23)20(25(27)31)13-17-5-7-18(26)8-6-17/h5-10,14-16,20H,11-13H2,1-4H3. The highest BCUT2D eigenvalue weighted by Crippen LogP contribution is 2.37. The Balaban J connectivity index is 1.82. The maximum atomic E-state index is 14.0. The molecule has 192 valence electrons. The van der Waals surface area contributed by atoms with Crippen molar-refractivity contribution in [2.24, 2.45) is 0 Å². The molecule has 1 atom stereocenters. The summed E-state index contributed by atoms with van der Waals surface area (Å²) < 4.78 is 39.6. The number of methoxy groups -OCH3 is 2. The van der Waals surface area contributed by atoms with Gasteiger partial charge in [-0.3, -0.25) is 14.5 Å². The minimum absolute atomic E-state index is 0.0718. The SMILES string of the molecule is COc1ccc(OC)c(S(=O)(=O)N2CCC(=O)N3C2=CN(C(C)C)C(=O)C3Cc2ccc(Cl)cc2)c1. The van der Waals surface area contributed by atoms with E-state index >= 15 is 0 Å². The van der Waals surface area contributed by atoms with Gasteiger partial charge in [0.1, 0.15) is 28.3 Å². The van der Waals surface area contributed by atoms with E-state index in [0.29, 0.717) is 10.8 Å². The summed E-state index contributed by atoms with van der Waals surface area (Å²) in [5.74, 6) is 0.0152. The Morgan fingerprint density at radius 1 is 1.06 bits per heavy atom.